The van der Waals surface area contributed by atoms with Crippen molar-refractivity contribution in [3.63, 3.8) is 0 Å². The Morgan fingerprint density at radius 3 is 2.67 bits per heavy atom. The third kappa shape index (κ3) is 1.63. The number of methoxy groups -OCH3 is 1. The maximum Gasteiger partial charge on any atom is 0.175 e. The molecule has 0 unspecified atom stereocenters. The molecule has 1 aromatic rings. The molecule has 0 radical (unpaired) electrons. The molecule has 0 atom stereocenters. The van der Waals surface area contributed by atoms with Crippen molar-refractivity contribution in [2.75, 3.05) is 13.7 Å². The lowest BCUT2D eigenvalue weighted by Gasteiger charge is -2.12. The second-order valence-corrected chi connectivity index (χ2v) is 3.97. The van der Waals surface area contributed by atoms with Crippen LogP contribution in [0.4, 0.5) is 0 Å². The van der Waals surface area contributed by atoms with Crippen molar-refractivity contribution < 1.29 is 14.6 Å². The number of aliphatic hydroxyl groups excluding tert-OH is 1. The largest absolute Gasteiger partial charge is 0.496 e. The van der Waals surface area contributed by atoms with Crippen molar-refractivity contribution in [2.24, 2.45) is 5.41 Å². The molecular formula is C12H14O3. The zero-order valence-corrected chi connectivity index (χ0v) is 8.69. The van der Waals surface area contributed by atoms with E-state index in [0.717, 1.165) is 12.8 Å². The number of rotatable bonds is 4. The predicted molar refractivity (Wildman–Crippen MR) is 56.1 cm³/mol. The molecule has 0 aliphatic heterocycles. The molecule has 1 N–H and O–H groups in total. The first-order chi connectivity index (χ1) is 7.23. The van der Waals surface area contributed by atoms with Gasteiger partial charge in [0.1, 0.15) is 5.75 Å². The van der Waals surface area contributed by atoms with Crippen molar-refractivity contribution in [1.29, 1.82) is 0 Å². The van der Waals surface area contributed by atoms with Gasteiger partial charge in [-0.15, -0.1) is 0 Å². The van der Waals surface area contributed by atoms with Crippen LogP contribution < -0.4 is 4.74 Å². The van der Waals surface area contributed by atoms with E-state index in [-0.39, 0.29) is 12.4 Å². The molecule has 80 valence electrons. The molecule has 0 aromatic heterocycles. The second-order valence-electron chi connectivity index (χ2n) is 3.97. The highest BCUT2D eigenvalue weighted by Gasteiger charge is 2.49. The fraction of sp³-hybridized carbons (Fsp3) is 0.417. The van der Waals surface area contributed by atoms with Crippen molar-refractivity contribution in [1.82, 2.24) is 0 Å². The molecule has 0 spiro atoms. The predicted octanol–water partition coefficient (Wildman–Crippen LogP) is 1.65. The number of carbonyl (C=O) groups is 1. The summed E-state index contributed by atoms with van der Waals surface area (Å²) in [6, 6.07) is 7.15. The summed E-state index contributed by atoms with van der Waals surface area (Å²) in [6.45, 7) is -0.0656. The Balaban J connectivity index is 2.33. The number of hydrogen-bond acceptors (Lipinski definition) is 3. The lowest BCUT2D eigenvalue weighted by atomic mass is 9.95. The van der Waals surface area contributed by atoms with Gasteiger partial charge in [-0.2, -0.15) is 0 Å². The van der Waals surface area contributed by atoms with Crippen LogP contribution in [0.5, 0.6) is 5.75 Å². The monoisotopic (exact) mass is 206 g/mol. The van der Waals surface area contributed by atoms with Crippen molar-refractivity contribution in [3.8, 4) is 5.75 Å². The van der Waals surface area contributed by atoms with Crippen LogP contribution in [0.3, 0.4) is 0 Å². The van der Waals surface area contributed by atoms with Crippen LogP contribution in [-0.2, 0) is 0 Å². The number of para-hydroxylation sites is 1. The minimum absolute atomic E-state index is 0.00227. The van der Waals surface area contributed by atoms with Gasteiger partial charge in [-0.05, 0) is 25.0 Å². The summed E-state index contributed by atoms with van der Waals surface area (Å²) in [5.74, 6) is 0.588. The van der Waals surface area contributed by atoms with Gasteiger partial charge in [0.15, 0.2) is 5.78 Å². The number of aliphatic hydroxyl groups is 1. The van der Waals surface area contributed by atoms with Crippen LogP contribution in [0.1, 0.15) is 23.2 Å². The number of ether oxygens (including phenoxy) is 1. The van der Waals surface area contributed by atoms with Crippen LogP contribution in [-0.4, -0.2) is 24.6 Å². The number of hydrogen-bond donors (Lipinski definition) is 1. The van der Waals surface area contributed by atoms with Gasteiger partial charge >= 0.3 is 0 Å². The third-order valence-corrected chi connectivity index (χ3v) is 2.99. The summed E-state index contributed by atoms with van der Waals surface area (Å²) in [5.41, 5.74) is 0.0563. The number of Topliss-reactive ketones (excluding diaryl/α,β-unsaturated/α-hetero) is 1. The summed E-state index contributed by atoms with van der Waals surface area (Å²) in [5, 5.41) is 9.19. The maximum absolute atomic E-state index is 12.1. The first-order valence-electron chi connectivity index (χ1n) is 5.02. The van der Waals surface area contributed by atoms with Gasteiger partial charge in [0.05, 0.1) is 24.7 Å². The summed E-state index contributed by atoms with van der Waals surface area (Å²) < 4.78 is 5.13. The Hall–Kier alpha value is -1.35. The van der Waals surface area contributed by atoms with E-state index in [4.69, 9.17) is 4.74 Å². The SMILES string of the molecule is COc1ccccc1C(=O)C1(CO)CC1. The van der Waals surface area contributed by atoms with E-state index in [1.54, 1.807) is 19.2 Å². The molecule has 0 bridgehead atoms. The van der Waals surface area contributed by atoms with Crippen LogP contribution in [0.25, 0.3) is 0 Å². The van der Waals surface area contributed by atoms with E-state index in [1.807, 2.05) is 12.1 Å². The molecule has 1 saturated carbocycles. The van der Waals surface area contributed by atoms with Gasteiger partial charge in [-0.3, -0.25) is 4.79 Å². The van der Waals surface area contributed by atoms with Gasteiger partial charge < -0.3 is 9.84 Å². The van der Waals surface area contributed by atoms with Crippen LogP contribution in [0, 0.1) is 5.41 Å². The molecule has 1 aromatic carbocycles. The summed E-state index contributed by atoms with van der Waals surface area (Å²) in [7, 11) is 1.55. The van der Waals surface area contributed by atoms with Crippen molar-refractivity contribution in [3.05, 3.63) is 29.8 Å². The van der Waals surface area contributed by atoms with Gasteiger partial charge in [-0.1, -0.05) is 12.1 Å². The van der Waals surface area contributed by atoms with Gasteiger partial charge in [0.2, 0.25) is 0 Å². The Bertz CT molecular complexity index is 380. The van der Waals surface area contributed by atoms with E-state index < -0.39 is 5.41 Å². The lowest BCUT2D eigenvalue weighted by molar-refractivity contribution is 0.0826. The van der Waals surface area contributed by atoms with Crippen LogP contribution >= 0.6 is 0 Å². The minimum Gasteiger partial charge on any atom is -0.496 e. The zero-order chi connectivity index (χ0) is 10.9. The zero-order valence-electron chi connectivity index (χ0n) is 8.69. The highest BCUT2D eigenvalue weighted by atomic mass is 16.5. The van der Waals surface area contributed by atoms with Crippen LogP contribution in [0.15, 0.2) is 24.3 Å². The van der Waals surface area contributed by atoms with E-state index in [9.17, 15) is 9.90 Å². The fourth-order valence-corrected chi connectivity index (χ4v) is 1.73. The van der Waals surface area contributed by atoms with E-state index in [0.29, 0.717) is 11.3 Å². The third-order valence-electron chi connectivity index (χ3n) is 2.99. The number of carbonyl (C=O) groups excluding carboxylic acids is 1. The smallest absolute Gasteiger partial charge is 0.175 e. The second kappa shape index (κ2) is 3.66. The van der Waals surface area contributed by atoms with E-state index >= 15 is 0 Å². The topological polar surface area (TPSA) is 46.5 Å². The average molecular weight is 206 g/mol. The summed E-state index contributed by atoms with van der Waals surface area (Å²) in [6.07, 6.45) is 1.56. The van der Waals surface area contributed by atoms with Crippen molar-refractivity contribution in [2.45, 2.75) is 12.8 Å². The molecule has 0 saturated heterocycles. The average Bonchev–Trinajstić information content (AvgIpc) is 3.09. The van der Waals surface area contributed by atoms with Gasteiger partial charge in [0.25, 0.3) is 0 Å². The Kier molecular flexibility index (Phi) is 2.49. The fourth-order valence-electron chi connectivity index (χ4n) is 1.73. The molecular weight excluding hydrogens is 192 g/mol. The minimum atomic E-state index is -0.519. The molecule has 0 heterocycles. The molecule has 0 amide bonds. The van der Waals surface area contributed by atoms with Crippen molar-refractivity contribution >= 4 is 5.78 Å². The highest BCUT2D eigenvalue weighted by molar-refractivity contribution is 6.04. The normalized spacial score (nSPS) is 17.2. The summed E-state index contributed by atoms with van der Waals surface area (Å²) >= 11 is 0. The van der Waals surface area contributed by atoms with E-state index in [1.165, 1.54) is 0 Å². The van der Waals surface area contributed by atoms with Gasteiger partial charge in [-0.25, -0.2) is 0 Å². The molecule has 15 heavy (non-hydrogen) atoms. The molecule has 1 aliphatic rings. The molecule has 1 aliphatic carbocycles. The Morgan fingerprint density at radius 1 is 1.47 bits per heavy atom. The number of benzene rings is 1. The Labute approximate surface area is 88.7 Å². The van der Waals surface area contributed by atoms with E-state index in [2.05, 4.69) is 0 Å². The lowest BCUT2D eigenvalue weighted by Crippen LogP contribution is -2.20. The quantitative estimate of drug-likeness (QED) is 0.762. The first kappa shape index (κ1) is 10.2. The molecule has 3 heteroatoms. The van der Waals surface area contributed by atoms with Gasteiger partial charge in [0, 0.05) is 0 Å². The highest BCUT2D eigenvalue weighted by Crippen LogP contribution is 2.48. The maximum atomic E-state index is 12.1. The number of ketones is 1. The molecule has 2 rings (SSSR count). The Morgan fingerprint density at radius 2 is 2.13 bits per heavy atom. The molecule has 3 nitrogen and oxygen atoms in total. The van der Waals surface area contributed by atoms with Crippen LogP contribution in [0.2, 0.25) is 0 Å². The standard InChI is InChI=1S/C12H14O3/c1-15-10-5-3-2-4-9(10)11(14)12(8-13)6-7-12/h2-5,13H,6-8H2,1H3. The first-order valence-corrected chi connectivity index (χ1v) is 5.02. The summed E-state index contributed by atoms with van der Waals surface area (Å²) in [4.78, 5) is 12.1. The molecule has 1 fully saturated rings.